The van der Waals surface area contributed by atoms with E-state index in [0.717, 1.165) is 4.48 Å². The highest BCUT2D eigenvalue weighted by atomic mass is 127. The Morgan fingerprint density at radius 1 is 1.14 bits per heavy atom. The molecule has 1 rings (SSSR count). The zero-order valence-electron chi connectivity index (χ0n) is 9.16. The van der Waals surface area contributed by atoms with Crippen molar-refractivity contribution in [3.05, 3.63) is 33.4 Å². The Balaban J connectivity index is 0.00000169. The van der Waals surface area contributed by atoms with E-state index in [9.17, 15) is 0 Å². The van der Waals surface area contributed by atoms with Gasteiger partial charge in [0.1, 0.15) is 6.04 Å². The number of nitrogens with zero attached hydrogens (tertiary/aromatic N) is 1. The first-order valence-corrected chi connectivity index (χ1v) is 5.56. The first-order chi connectivity index (χ1) is 5.93. The van der Waals surface area contributed by atoms with E-state index in [1.165, 1.54) is 9.13 Å². The molecular weight excluding hydrogens is 289 g/mol. The van der Waals surface area contributed by atoms with Gasteiger partial charge in [-0.2, -0.15) is 0 Å². The summed E-state index contributed by atoms with van der Waals surface area (Å²) < 4.78 is 2.33. The number of quaternary nitrogens is 1. The van der Waals surface area contributed by atoms with Gasteiger partial charge in [0, 0.05) is 9.13 Å². The average Bonchev–Trinajstić information content (AvgIpc) is 2.02. The summed E-state index contributed by atoms with van der Waals surface area (Å²) in [5.74, 6) is 0. The van der Waals surface area contributed by atoms with Crippen molar-refractivity contribution in [2.24, 2.45) is 0 Å². The normalized spacial score (nSPS) is 13.2. The van der Waals surface area contributed by atoms with Crippen molar-refractivity contribution in [1.29, 1.82) is 0 Å². The highest BCUT2D eigenvalue weighted by molar-refractivity contribution is 14.1. The minimum absolute atomic E-state index is 0. The maximum absolute atomic E-state index is 2.41. The summed E-state index contributed by atoms with van der Waals surface area (Å²) in [4.78, 5) is 0. The van der Waals surface area contributed by atoms with E-state index >= 15 is 0 Å². The van der Waals surface area contributed by atoms with Gasteiger partial charge >= 0.3 is 0 Å². The smallest absolute Gasteiger partial charge is 0.112 e. The van der Waals surface area contributed by atoms with E-state index in [-0.39, 0.29) is 5.48 Å². The molecule has 1 unspecified atom stereocenters. The number of rotatable bonds is 2. The third-order valence-electron chi connectivity index (χ3n) is 2.52. The van der Waals surface area contributed by atoms with Gasteiger partial charge in [0.15, 0.2) is 0 Å². The lowest BCUT2D eigenvalue weighted by Gasteiger charge is -2.32. The lowest BCUT2D eigenvalue weighted by atomic mass is 10.1. The maximum atomic E-state index is 2.41. The summed E-state index contributed by atoms with van der Waals surface area (Å²) in [6.45, 7) is 2.28. The van der Waals surface area contributed by atoms with Crippen LogP contribution in [0.2, 0.25) is 0 Å². The van der Waals surface area contributed by atoms with Crippen LogP contribution in [0.1, 0.15) is 18.5 Å². The molecule has 1 N–H and O–H groups in total. The van der Waals surface area contributed by atoms with Gasteiger partial charge < -0.3 is 9.96 Å². The predicted octanol–water partition coefficient (Wildman–Crippen LogP) is 2.88. The quantitative estimate of drug-likeness (QED) is 0.610. The fourth-order valence-corrected chi connectivity index (χ4v) is 2.07. The molecule has 0 bridgehead atoms. The van der Waals surface area contributed by atoms with Crippen LogP contribution in [0.4, 0.5) is 0 Å². The number of benzene rings is 1. The third kappa shape index (κ3) is 3.22. The van der Waals surface area contributed by atoms with E-state index in [0.29, 0.717) is 6.04 Å². The molecule has 1 aromatic rings. The second kappa shape index (κ2) is 5.09. The van der Waals surface area contributed by atoms with Gasteiger partial charge in [0.05, 0.1) is 21.1 Å². The lowest BCUT2D eigenvalue weighted by Crippen LogP contribution is -2.37. The van der Waals surface area contributed by atoms with Crippen LogP contribution in [0.25, 0.3) is 0 Å². The standard InChI is InChI=1S/C11H17IN.H2O/c1-9(13(2,3)4)10-7-5-6-8-11(10)12;/h5-9H,1-4H3;1H2/q+1;/p-1. The molecule has 3 heteroatoms. The predicted molar refractivity (Wildman–Crippen MR) is 67.5 cm³/mol. The molecule has 0 radical (unpaired) electrons. The highest BCUT2D eigenvalue weighted by Crippen LogP contribution is 2.26. The topological polar surface area (TPSA) is 30.0 Å². The highest BCUT2D eigenvalue weighted by Gasteiger charge is 2.21. The summed E-state index contributed by atoms with van der Waals surface area (Å²) in [5, 5.41) is 0. The molecule has 0 saturated heterocycles. The Bertz CT molecular complexity index is 294. The maximum Gasteiger partial charge on any atom is 0.112 e. The Morgan fingerprint density at radius 2 is 1.64 bits per heavy atom. The van der Waals surface area contributed by atoms with Gasteiger partial charge in [-0.15, -0.1) is 0 Å². The van der Waals surface area contributed by atoms with E-state index in [1.807, 2.05) is 0 Å². The second-order valence-electron chi connectivity index (χ2n) is 4.31. The minimum atomic E-state index is 0. The van der Waals surface area contributed by atoms with Gasteiger partial charge in [-0.3, -0.25) is 0 Å². The summed E-state index contributed by atoms with van der Waals surface area (Å²) in [5.41, 5.74) is 1.44. The van der Waals surface area contributed by atoms with Crippen molar-refractivity contribution in [2.75, 3.05) is 21.1 Å². The molecule has 1 atom stereocenters. The average molecular weight is 307 g/mol. The molecule has 0 aliphatic rings. The van der Waals surface area contributed by atoms with E-state index < -0.39 is 0 Å². The molecule has 14 heavy (non-hydrogen) atoms. The first kappa shape index (κ1) is 13.9. The fraction of sp³-hybridized carbons (Fsp3) is 0.455. The SMILES string of the molecule is CC(c1ccccc1I)[N+](C)(C)C.[OH-]. The van der Waals surface area contributed by atoms with Crippen LogP contribution >= 0.6 is 22.6 Å². The van der Waals surface area contributed by atoms with Crippen molar-refractivity contribution < 1.29 is 9.96 Å². The number of halogens is 1. The molecule has 0 saturated carbocycles. The van der Waals surface area contributed by atoms with Crippen LogP contribution in [0.15, 0.2) is 24.3 Å². The van der Waals surface area contributed by atoms with Crippen LogP contribution in [0.5, 0.6) is 0 Å². The largest absolute Gasteiger partial charge is 0.870 e. The van der Waals surface area contributed by atoms with Crippen molar-refractivity contribution >= 4 is 22.6 Å². The molecule has 0 aliphatic heterocycles. The van der Waals surface area contributed by atoms with E-state index in [2.05, 4.69) is 74.9 Å². The van der Waals surface area contributed by atoms with E-state index in [4.69, 9.17) is 0 Å². The molecule has 2 nitrogen and oxygen atoms in total. The molecule has 0 fully saturated rings. The Kier molecular flexibility index (Phi) is 5.05. The third-order valence-corrected chi connectivity index (χ3v) is 3.50. The summed E-state index contributed by atoms with van der Waals surface area (Å²) in [6, 6.07) is 9.14. The van der Waals surface area contributed by atoms with Gasteiger partial charge in [-0.1, -0.05) is 18.2 Å². The van der Waals surface area contributed by atoms with Crippen LogP contribution in [-0.4, -0.2) is 31.1 Å². The zero-order valence-corrected chi connectivity index (χ0v) is 11.3. The zero-order chi connectivity index (χ0) is 10.1. The van der Waals surface area contributed by atoms with Crippen LogP contribution in [-0.2, 0) is 0 Å². The van der Waals surface area contributed by atoms with Crippen LogP contribution < -0.4 is 0 Å². The van der Waals surface area contributed by atoms with Crippen molar-refractivity contribution in [2.45, 2.75) is 13.0 Å². The Labute approximate surface area is 100.0 Å². The van der Waals surface area contributed by atoms with Gasteiger partial charge in [-0.25, -0.2) is 0 Å². The molecule has 1 aromatic carbocycles. The first-order valence-electron chi connectivity index (χ1n) is 4.48. The van der Waals surface area contributed by atoms with Gasteiger partial charge in [0.25, 0.3) is 0 Å². The second-order valence-corrected chi connectivity index (χ2v) is 5.48. The van der Waals surface area contributed by atoms with E-state index in [1.54, 1.807) is 0 Å². The molecular formula is C11H18INO. The number of hydrogen-bond donors (Lipinski definition) is 0. The Morgan fingerprint density at radius 3 is 2.07 bits per heavy atom. The van der Waals surface area contributed by atoms with Crippen LogP contribution in [0, 0.1) is 3.57 Å². The molecule has 0 aromatic heterocycles. The lowest BCUT2D eigenvalue weighted by molar-refractivity contribution is -0.900. The van der Waals surface area contributed by atoms with Crippen LogP contribution in [0.3, 0.4) is 0 Å². The summed E-state index contributed by atoms with van der Waals surface area (Å²) in [7, 11) is 6.69. The van der Waals surface area contributed by atoms with Crippen molar-refractivity contribution in [3.8, 4) is 0 Å². The summed E-state index contributed by atoms with van der Waals surface area (Å²) in [6.07, 6.45) is 0. The Hall–Kier alpha value is -0.130. The minimum Gasteiger partial charge on any atom is -0.870 e. The molecule has 0 amide bonds. The van der Waals surface area contributed by atoms with Crippen molar-refractivity contribution in [1.82, 2.24) is 0 Å². The molecule has 80 valence electrons. The molecule has 0 aliphatic carbocycles. The van der Waals surface area contributed by atoms with Crippen molar-refractivity contribution in [3.63, 3.8) is 0 Å². The van der Waals surface area contributed by atoms with Gasteiger partial charge in [-0.05, 0) is 35.6 Å². The fourth-order valence-electron chi connectivity index (χ4n) is 1.23. The molecule has 0 heterocycles. The summed E-state index contributed by atoms with van der Waals surface area (Å²) >= 11 is 2.41. The van der Waals surface area contributed by atoms with Gasteiger partial charge in [0.2, 0.25) is 0 Å². The monoisotopic (exact) mass is 307 g/mol. The number of hydrogen-bond acceptors (Lipinski definition) is 1. The molecule has 0 spiro atoms.